The Morgan fingerprint density at radius 2 is 1.37 bits per heavy atom. The molecule has 0 saturated heterocycles. The van der Waals surface area contributed by atoms with E-state index in [1.807, 2.05) is 66.4 Å². The molecule has 3 rings (SSSR count). The third-order valence-corrected chi connectivity index (χ3v) is 5.84. The number of benzene rings is 3. The summed E-state index contributed by atoms with van der Waals surface area (Å²) < 4.78 is 10.7. The Balaban J connectivity index is 1.77. The van der Waals surface area contributed by atoms with E-state index in [4.69, 9.17) is 9.47 Å². The van der Waals surface area contributed by atoms with Crippen LogP contribution in [0.3, 0.4) is 0 Å². The van der Waals surface area contributed by atoms with Gasteiger partial charge < -0.3 is 14.4 Å². The maximum absolute atomic E-state index is 13.4. The van der Waals surface area contributed by atoms with Crippen LogP contribution in [0.5, 0.6) is 11.5 Å². The molecule has 0 heterocycles. The Bertz CT molecular complexity index is 906. The summed E-state index contributed by atoms with van der Waals surface area (Å²) in [5, 5.41) is -0.240. The molecule has 0 unspecified atom stereocenters. The highest BCUT2D eigenvalue weighted by Crippen LogP contribution is 2.34. The summed E-state index contributed by atoms with van der Waals surface area (Å²) in [4.78, 5) is 16.3. The van der Waals surface area contributed by atoms with Crippen LogP contribution in [-0.4, -0.2) is 30.3 Å². The summed E-state index contributed by atoms with van der Waals surface area (Å²) >= 11 is 1.52. The lowest BCUT2D eigenvalue weighted by molar-refractivity contribution is -0.131. The average molecular weight is 422 g/mol. The van der Waals surface area contributed by atoms with E-state index in [-0.39, 0.29) is 11.2 Å². The molecule has 3 aromatic rings. The van der Waals surface area contributed by atoms with Gasteiger partial charge in [0.05, 0.1) is 19.5 Å². The predicted octanol–water partition coefficient (Wildman–Crippen LogP) is 5.41. The van der Waals surface area contributed by atoms with Crippen LogP contribution in [0.15, 0.2) is 83.8 Å². The summed E-state index contributed by atoms with van der Waals surface area (Å²) in [5.41, 5.74) is 2.23. The van der Waals surface area contributed by atoms with Gasteiger partial charge in [0.2, 0.25) is 5.91 Å². The SMILES string of the molecule is COc1ccc(S[C@@H](C)C(=O)N(Cc2ccccc2)Cc2ccccc2)cc1OC. The zero-order valence-electron chi connectivity index (χ0n) is 17.6. The maximum atomic E-state index is 13.4. The number of ether oxygens (including phenoxy) is 2. The number of hydrogen-bond acceptors (Lipinski definition) is 4. The molecule has 0 spiro atoms. The Morgan fingerprint density at radius 1 is 0.833 bits per heavy atom. The van der Waals surface area contributed by atoms with Gasteiger partial charge in [-0.25, -0.2) is 0 Å². The predicted molar refractivity (Wildman–Crippen MR) is 122 cm³/mol. The lowest BCUT2D eigenvalue weighted by atomic mass is 10.1. The topological polar surface area (TPSA) is 38.8 Å². The average Bonchev–Trinajstić information content (AvgIpc) is 2.79. The molecule has 1 amide bonds. The van der Waals surface area contributed by atoms with Crippen LogP contribution in [-0.2, 0) is 17.9 Å². The largest absolute Gasteiger partial charge is 0.493 e. The van der Waals surface area contributed by atoms with Gasteiger partial charge in [0, 0.05) is 18.0 Å². The summed E-state index contributed by atoms with van der Waals surface area (Å²) in [6, 6.07) is 25.9. The van der Waals surface area contributed by atoms with Crippen LogP contribution in [0.25, 0.3) is 0 Å². The highest BCUT2D eigenvalue weighted by molar-refractivity contribution is 8.00. The fraction of sp³-hybridized carbons (Fsp3) is 0.240. The first kappa shape index (κ1) is 21.8. The molecule has 3 aromatic carbocycles. The fourth-order valence-corrected chi connectivity index (χ4v) is 4.20. The number of carbonyl (C=O) groups excluding carboxylic acids is 1. The third-order valence-electron chi connectivity index (χ3n) is 4.76. The Labute approximate surface area is 182 Å². The lowest BCUT2D eigenvalue weighted by Gasteiger charge is -2.26. The second-order valence-corrected chi connectivity index (χ2v) is 8.36. The molecular formula is C25H27NO3S. The van der Waals surface area contributed by atoms with Gasteiger partial charge >= 0.3 is 0 Å². The van der Waals surface area contributed by atoms with E-state index in [1.54, 1.807) is 14.2 Å². The van der Waals surface area contributed by atoms with Crippen LogP contribution < -0.4 is 9.47 Å². The second-order valence-electron chi connectivity index (χ2n) is 6.94. The fourth-order valence-electron chi connectivity index (χ4n) is 3.22. The second kappa shape index (κ2) is 10.7. The highest BCUT2D eigenvalue weighted by atomic mass is 32.2. The molecule has 5 heteroatoms. The minimum absolute atomic E-state index is 0.0995. The van der Waals surface area contributed by atoms with Crippen LogP contribution >= 0.6 is 11.8 Å². The molecular weight excluding hydrogens is 394 g/mol. The zero-order valence-corrected chi connectivity index (χ0v) is 18.4. The molecule has 0 aliphatic heterocycles. The van der Waals surface area contributed by atoms with E-state index >= 15 is 0 Å². The number of carbonyl (C=O) groups is 1. The molecule has 0 aliphatic carbocycles. The third kappa shape index (κ3) is 5.80. The van der Waals surface area contributed by atoms with E-state index < -0.39 is 0 Å². The Hall–Kier alpha value is -2.92. The first-order valence-corrected chi connectivity index (χ1v) is 10.7. The van der Waals surface area contributed by atoms with Gasteiger partial charge in [0.15, 0.2) is 11.5 Å². The minimum atomic E-state index is -0.240. The van der Waals surface area contributed by atoms with Crippen molar-refractivity contribution < 1.29 is 14.3 Å². The number of methoxy groups -OCH3 is 2. The molecule has 0 saturated carbocycles. The van der Waals surface area contributed by atoms with Gasteiger partial charge in [-0.05, 0) is 36.2 Å². The number of amides is 1. The van der Waals surface area contributed by atoms with E-state index in [2.05, 4.69) is 24.3 Å². The molecule has 0 radical (unpaired) electrons. The quantitative estimate of drug-likeness (QED) is 0.433. The van der Waals surface area contributed by atoms with E-state index in [1.165, 1.54) is 11.8 Å². The van der Waals surface area contributed by atoms with Crippen molar-refractivity contribution in [2.45, 2.75) is 30.2 Å². The van der Waals surface area contributed by atoms with E-state index in [9.17, 15) is 4.79 Å². The molecule has 0 aliphatic rings. The van der Waals surface area contributed by atoms with E-state index in [0.717, 1.165) is 16.0 Å². The van der Waals surface area contributed by atoms with Crippen molar-refractivity contribution >= 4 is 17.7 Å². The first-order valence-electron chi connectivity index (χ1n) is 9.86. The summed E-state index contributed by atoms with van der Waals surface area (Å²) in [6.45, 7) is 3.10. The molecule has 30 heavy (non-hydrogen) atoms. The number of thioether (sulfide) groups is 1. The zero-order chi connectivity index (χ0) is 21.3. The molecule has 1 atom stereocenters. The Kier molecular flexibility index (Phi) is 7.80. The van der Waals surface area contributed by atoms with Crippen molar-refractivity contribution in [3.8, 4) is 11.5 Å². The molecule has 0 fully saturated rings. The lowest BCUT2D eigenvalue weighted by Crippen LogP contribution is -2.35. The van der Waals surface area contributed by atoms with E-state index in [0.29, 0.717) is 24.6 Å². The first-order chi connectivity index (χ1) is 14.6. The van der Waals surface area contributed by atoms with Gasteiger partial charge in [-0.2, -0.15) is 0 Å². The molecule has 0 bridgehead atoms. The van der Waals surface area contributed by atoms with Crippen LogP contribution in [0.4, 0.5) is 0 Å². The minimum Gasteiger partial charge on any atom is -0.493 e. The normalized spacial score (nSPS) is 11.6. The van der Waals surface area contributed by atoms with Gasteiger partial charge in [0.1, 0.15) is 0 Å². The standard InChI is InChI=1S/C25H27NO3S/c1-19(30-22-14-15-23(28-2)24(16-22)29-3)25(27)26(17-20-10-6-4-7-11-20)18-21-12-8-5-9-13-21/h4-16,19H,17-18H2,1-3H3/t19-/m0/s1. The van der Waals surface area contributed by atoms with Crippen molar-refractivity contribution in [2.24, 2.45) is 0 Å². The van der Waals surface area contributed by atoms with Crippen molar-refractivity contribution in [2.75, 3.05) is 14.2 Å². The summed E-state index contributed by atoms with van der Waals surface area (Å²) in [7, 11) is 3.23. The van der Waals surface area contributed by atoms with Gasteiger partial charge in [0.25, 0.3) is 0 Å². The molecule has 156 valence electrons. The Morgan fingerprint density at radius 3 is 1.87 bits per heavy atom. The maximum Gasteiger partial charge on any atom is 0.236 e. The van der Waals surface area contributed by atoms with Crippen molar-refractivity contribution in [3.05, 3.63) is 90.0 Å². The number of nitrogens with zero attached hydrogens (tertiary/aromatic N) is 1. The van der Waals surface area contributed by atoms with Gasteiger partial charge in [-0.1, -0.05) is 60.7 Å². The van der Waals surface area contributed by atoms with Crippen LogP contribution in [0.2, 0.25) is 0 Å². The van der Waals surface area contributed by atoms with Crippen molar-refractivity contribution in [3.63, 3.8) is 0 Å². The number of hydrogen-bond donors (Lipinski definition) is 0. The number of rotatable bonds is 9. The van der Waals surface area contributed by atoms with Crippen molar-refractivity contribution in [1.29, 1.82) is 0 Å². The molecule has 4 nitrogen and oxygen atoms in total. The summed E-state index contributed by atoms with van der Waals surface area (Å²) in [6.07, 6.45) is 0. The molecule has 0 N–H and O–H groups in total. The van der Waals surface area contributed by atoms with Crippen LogP contribution in [0, 0.1) is 0 Å². The molecule has 0 aromatic heterocycles. The van der Waals surface area contributed by atoms with Crippen molar-refractivity contribution in [1.82, 2.24) is 4.90 Å². The van der Waals surface area contributed by atoms with Gasteiger partial charge in [-0.15, -0.1) is 11.8 Å². The summed E-state index contributed by atoms with van der Waals surface area (Å²) in [5.74, 6) is 1.44. The van der Waals surface area contributed by atoms with Gasteiger partial charge in [-0.3, -0.25) is 4.79 Å². The smallest absolute Gasteiger partial charge is 0.236 e. The van der Waals surface area contributed by atoms with Crippen LogP contribution in [0.1, 0.15) is 18.1 Å². The highest BCUT2D eigenvalue weighted by Gasteiger charge is 2.22. The monoisotopic (exact) mass is 421 g/mol.